The second kappa shape index (κ2) is 8.38. The van der Waals surface area contributed by atoms with Gasteiger partial charge in [-0.2, -0.15) is 0 Å². The molecule has 3 aromatic rings. The molecule has 0 bridgehead atoms. The number of amides is 2. The monoisotopic (exact) mass is 380 g/mol. The Morgan fingerprint density at radius 3 is 2.15 bits per heavy atom. The summed E-state index contributed by atoms with van der Waals surface area (Å²) in [5.41, 5.74) is 1.86. The molecule has 0 fully saturated rings. The Hall–Kier alpha value is -3.31. The molecule has 3 aromatic carbocycles. The van der Waals surface area contributed by atoms with Gasteiger partial charge < -0.3 is 15.4 Å². The molecule has 2 N–H and O–H groups in total. The molecule has 0 aliphatic carbocycles. The number of carbonyl (C=O) groups is 2. The van der Waals surface area contributed by atoms with Crippen molar-refractivity contribution >= 4 is 34.8 Å². The molecule has 0 aromatic heterocycles. The lowest BCUT2D eigenvalue weighted by Gasteiger charge is -2.11. The minimum absolute atomic E-state index is 0.295. The number of hydrogen-bond acceptors (Lipinski definition) is 3. The summed E-state index contributed by atoms with van der Waals surface area (Å²) in [4.78, 5) is 25.0. The van der Waals surface area contributed by atoms with E-state index in [4.69, 9.17) is 16.3 Å². The quantitative estimate of drug-likeness (QED) is 0.664. The zero-order valence-electron chi connectivity index (χ0n) is 14.5. The van der Waals surface area contributed by atoms with Crippen LogP contribution in [0.2, 0.25) is 5.02 Å². The van der Waals surface area contributed by atoms with E-state index in [1.165, 1.54) is 13.2 Å². The minimum atomic E-state index is -0.370. The first-order valence-electron chi connectivity index (χ1n) is 8.18. The molecule has 3 rings (SSSR count). The van der Waals surface area contributed by atoms with Gasteiger partial charge in [-0.1, -0.05) is 35.9 Å². The van der Waals surface area contributed by atoms with Crippen LogP contribution in [-0.4, -0.2) is 18.9 Å². The van der Waals surface area contributed by atoms with Crippen LogP contribution in [0.25, 0.3) is 0 Å². The van der Waals surface area contributed by atoms with Crippen molar-refractivity contribution in [3.05, 3.63) is 88.9 Å². The first-order chi connectivity index (χ1) is 13.1. The van der Waals surface area contributed by atoms with Crippen LogP contribution in [0.1, 0.15) is 20.7 Å². The molecule has 0 aliphatic rings. The zero-order chi connectivity index (χ0) is 19.2. The Balaban J connectivity index is 1.78. The number of ether oxygens (including phenoxy) is 1. The first-order valence-corrected chi connectivity index (χ1v) is 8.56. The highest BCUT2D eigenvalue weighted by Crippen LogP contribution is 2.28. The molecule has 0 aliphatic heterocycles. The Morgan fingerprint density at radius 1 is 0.815 bits per heavy atom. The number of rotatable bonds is 5. The van der Waals surface area contributed by atoms with Gasteiger partial charge in [0, 0.05) is 21.8 Å². The fraction of sp³-hybridized carbons (Fsp3) is 0.0476. The molecule has 2 amide bonds. The number of hydrogen-bond donors (Lipinski definition) is 2. The van der Waals surface area contributed by atoms with Gasteiger partial charge in [0.2, 0.25) is 0 Å². The highest BCUT2D eigenvalue weighted by molar-refractivity contribution is 6.31. The van der Waals surface area contributed by atoms with Crippen LogP contribution in [0.4, 0.5) is 11.4 Å². The predicted molar refractivity (Wildman–Crippen MR) is 107 cm³/mol. The SMILES string of the molecule is COc1ccc(Cl)cc1NC(=O)c1cccc(C(=O)Nc2ccccc2)c1. The summed E-state index contributed by atoms with van der Waals surface area (Å²) in [7, 11) is 1.51. The third-order valence-corrected chi connectivity index (χ3v) is 4.06. The van der Waals surface area contributed by atoms with Gasteiger partial charge in [-0.15, -0.1) is 0 Å². The maximum absolute atomic E-state index is 12.6. The normalized spacial score (nSPS) is 10.1. The molecule has 5 nitrogen and oxygen atoms in total. The van der Waals surface area contributed by atoms with Gasteiger partial charge in [0.25, 0.3) is 11.8 Å². The number of methoxy groups -OCH3 is 1. The average molecular weight is 381 g/mol. The molecular weight excluding hydrogens is 364 g/mol. The minimum Gasteiger partial charge on any atom is -0.495 e. The third-order valence-electron chi connectivity index (χ3n) is 3.83. The molecule has 27 heavy (non-hydrogen) atoms. The van der Waals surface area contributed by atoms with Crippen LogP contribution in [0.5, 0.6) is 5.75 Å². The van der Waals surface area contributed by atoms with Gasteiger partial charge in [-0.3, -0.25) is 9.59 Å². The molecule has 0 saturated carbocycles. The second-order valence-electron chi connectivity index (χ2n) is 5.70. The van der Waals surface area contributed by atoms with E-state index >= 15 is 0 Å². The smallest absolute Gasteiger partial charge is 0.255 e. The summed E-state index contributed by atoms with van der Waals surface area (Å²) >= 11 is 5.99. The van der Waals surface area contributed by atoms with Gasteiger partial charge in [-0.05, 0) is 48.5 Å². The summed E-state index contributed by atoms with van der Waals surface area (Å²) in [5.74, 6) is -0.174. The van der Waals surface area contributed by atoms with Crippen molar-refractivity contribution in [1.82, 2.24) is 0 Å². The van der Waals surface area contributed by atoms with E-state index in [0.717, 1.165) is 0 Å². The molecule has 0 radical (unpaired) electrons. The zero-order valence-corrected chi connectivity index (χ0v) is 15.3. The van der Waals surface area contributed by atoms with Crippen LogP contribution < -0.4 is 15.4 Å². The van der Waals surface area contributed by atoms with E-state index in [0.29, 0.717) is 33.3 Å². The largest absolute Gasteiger partial charge is 0.495 e. The molecule has 0 spiro atoms. The van der Waals surface area contributed by atoms with Gasteiger partial charge in [-0.25, -0.2) is 0 Å². The first kappa shape index (κ1) is 18.5. The lowest BCUT2D eigenvalue weighted by Crippen LogP contribution is -2.16. The Kier molecular flexibility index (Phi) is 5.74. The average Bonchev–Trinajstić information content (AvgIpc) is 2.69. The molecule has 6 heteroatoms. The van der Waals surface area contributed by atoms with Crippen molar-refractivity contribution in [3.8, 4) is 5.75 Å². The number of benzene rings is 3. The number of para-hydroxylation sites is 1. The lowest BCUT2D eigenvalue weighted by atomic mass is 10.1. The van der Waals surface area contributed by atoms with Crippen LogP contribution >= 0.6 is 11.6 Å². The highest BCUT2D eigenvalue weighted by Gasteiger charge is 2.13. The fourth-order valence-electron chi connectivity index (χ4n) is 2.50. The number of anilines is 2. The van der Waals surface area contributed by atoms with Crippen molar-refractivity contribution in [2.24, 2.45) is 0 Å². The summed E-state index contributed by atoms with van der Waals surface area (Å²) in [6.45, 7) is 0. The van der Waals surface area contributed by atoms with E-state index in [1.54, 1.807) is 48.5 Å². The Labute approximate surface area is 161 Å². The fourth-order valence-corrected chi connectivity index (χ4v) is 2.67. The number of nitrogens with one attached hydrogen (secondary N) is 2. The topological polar surface area (TPSA) is 67.4 Å². The van der Waals surface area contributed by atoms with E-state index in [-0.39, 0.29) is 11.8 Å². The van der Waals surface area contributed by atoms with Crippen molar-refractivity contribution in [2.45, 2.75) is 0 Å². The lowest BCUT2D eigenvalue weighted by molar-refractivity contribution is 0.102. The van der Waals surface area contributed by atoms with E-state index < -0.39 is 0 Å². The van der Waals surface area contributed by atoms with Crippen molar-refractivity contribution in [3.63, 3.8) is 0 Å². The van der Waals surface area contributed by atoms with Crippen LogP contribution in [0.15, 0.2) is 72.8 Å². The maximum atomic E-state index is 12.6. The van der Waals surface area contributed by atoms with E-state index in [1.807, 2.05) is 18.2 Å². The molecule has 136 valence electrons. The molecular formula is C21H17ClN2O3. The van der Waals surface area contributed by atoms with Gasteiger partial charge >= 0.3 is 0 Å². The van der Waals surface area contributed by atoms with Gasteiger partial charge in [0.15, 0.2) is 0 Å². The molecule has 0 unspecified atom stereocenters. The van der Waals surface area contributed by atoms with Crippen molar-refractivity contribution in [2.75, 3.05) is 17.7 Å². The predicted octanol–water partition coefficient (Wildman–Crippen LogP) is 4.85. The number of carbonyl (C=O) groups excluding carboxylic acids is 2. The van der Waals surface area contributed by atoms with E-state index in [2.05, 4.69) is 10.6 Å². The Bertz CT molecular complexity index is 974. The van der Waals surface area contributed by atoms with Crippen LogP contribution in [0.3, 0.4) is 0 Å². The second-order valence-corrected chi connectivity index (χ2v) is 6.14. The summed E-state index contributed by atoms with van der Waals surface area (Å²) in [5, 5.41) is 6.02. The van der Waals surface area contributed by atoms with E-state index in [9.17, 15) is 9.59 Å². The van der Waals surface area contributed by atoms with Gasteiger partial charge in [0.05, 0.1) is 12.8 Å². The van der Waals surface area contributed by atoms with Gasteiger partial charge in [0.1, 0.15) is 5.75 Å². The van der Waals surface area contributed by atoms with Crippen molar-refractivity contribution in [1.29, 1.82) is 0 Å². The standard InChI is InChI=1S/C21H17ClN2O3/c1-27-19-11-10-16(22)13-18(19)24-21(26)15-7-5-6-14(12-15)20(25)23-17-8-3-2-4-9-17/h2-13H,1H3,(H,23,25)(H,24,26). The number of halogens is 1. The third kappa shape index (κ3) is 4.65. The summed E-state index contributed by atoms with van der Waals surface area (Å²) in [6.07, 6.45) is 0. The maximum Gasteiger partial charge on any atom is 0.255 e. The highest BCUT2D eigenvalue weighted by atomic mass is 35.5. The molecule has 0 heterocycles. The molecule has 0 atom stereocenters. The summed E-state index contributed by atoms with van der Waals surface area (Å²) in [6, 6.07) is 20.5. The molecule has 0 saturated heterocycles. The Morgan fingerprint density at radius 2 is 1.48 bits per heavy atom. The van der Waals surface area contributed by atoms with Crippen molar-refractivity contribution < 1.29 is 14.3 Å². The van der Waals surface area contributed by atoms with Crippen LogP contribution in [0, 0.1) is 0 Å². The van der Waals surface area contributed by atoms with Crippen LogP contribution in [-0.2, 0) is 0 Å². The summed E-state index contributed by atoms with van der Waals surface area (Å²) < 4.78 is 5.23.